The van der Waals surface area contributed by atoms with Crippen molar-refractivity contribution in [2.24, 2.45) is 17.3 Å². The first-order valence-corrected chi connectivity index (χ1v) is 8.65. The minimum absolute atomic E-state index is 0.0622. The zero-order chi connectivity index (χ0) is 16.4. The van der Waals surface area contributed by atoms with Crippen LogP contribution in [0.2, 0.25) is 0 Å². The number of aliphatic hydroxyl groups excluding tert-OH is 1. The second-order valence-corrected chi connectivity index (χ2v) is 8.00. The topological polar surface area (TPSA) is 49.7 Å². The van der Waals surface area contributed by atoms with Crippen LogP contribution in [-0.2, 0) is 12.0 Å². The van der Waals surface area contributed by atoms with Crippen molar-refractivity contribution in [2.75, 3.05) is 7.11 Å². The number of benzene rings is 1. The summed E-state index contributed by atoms with van der Waals surface area (Å²) in [5.74, 6) is 1.18. The number of ether oxygens (including phenoxy) is 1. The third kappa shape index (κ3) is 1.90. The maximum absolute atomic E-state index is 11.6. The first-order chi connectivity index (χ1) is 10.9. The summed E-state index contributed by atoms with van der Waals surface area (Å²) in [6, 6.07) is 5.85. The van der Waals surface area contributed by atoms with E-state index in [1.165, 1.54) is 5.57 Å². The van der Waals surface area contributed by atoms with E-state index in [1.54, 1.807) is 7.11 Å². The molecule has 3 aliphatic rings. The Bertz CT molecular complexity index is 667. The van der Waals surface area contributed by atoms with Gasteiger partial charge in [-0.25, -0.2) is 0 Å². The van der Waals surface area contributed by atoms with Crippen molar-refractivity contribution >= 4 is 0 Å². The van der Waals surface area contributed by atoms with Crippen LogP contribution in [0.3, 0.4) is 0 Å². The van der Waals surface area contributed by atoms with Crippen LogP contribution in [0.15, 0.2) is 30.4 Å². The normalized spacial score (nSPS) is 41.9. The Hall–Kier alpha value is -1.32. The summed E-state index contributed by atoms with van der Waals surface area (Å²) in [4.78, 5) is 0. The molecule has 0 aromatic heterocycles. The summed E-state index contributed by atoms with van der Waals surface area (Å²) in [5.41, 5.74) is 2.19. The zero-order valence-corrected chi connectivity index (χ0v) is 14.0. The molecule has 3 heteroatoms. The fourth-order valence-corrected chi connectivity index (χ4v) is 5.72. The Morgan fingerprint density at radius 2 is 2.09 bits per heavy atom. The van der Waals surface area contributed by atoms with E-state index in [0.29, 0.717) is 12.3 Å². The molecule has 2 fully saturated rings. The van der Waals surface area contributed by atoms with Crippen LogP contribution < -0.4 is 4.74 Å². The first-order valence-electron chi connectivity index (χ1n) is 8.65. The SMILES string of the molecule is C=C1CC[C@@]2(C)C[C@@H](O)[C@]3(O)c4ccc(OC)cc4CC[C@@H]3[C@H]12. The third-order valence-electron chi connectivity index (χ3n) is 6.81. The number of fused-ring (bicyclic) bond motifs is 5. The number of allylic oxidation sites excluding steroid dienone is 1. The molecule has 0 amide bonds. The van der Waals surface area contributed by atoms with Crippen LogP contribution in [-0.4, -0.2) is 23.4 Å². The highest BCUT2D eigenvalue weighted by atomic mass is 16.5. The smallest absolute Gasteiger partial charge is 0.119 e. The second-order valence-electron chi connectivity index (χ2n) is 8.00. The van der Waals surface area contributed by atoms with Crippen LogP contribution >= 0.6 is 0 Å². The fourth-order valence-electron chi connectivity index (χ4n) is 5.72. The zero-order valence-electron chi connectivity index (χ0n) is 14.0. The van der Waals surface area contributed by atoms with Crippen molar-refractivity contribution in [3.05, 3.63) is 41.5 Å². The quantitative estimate of drug-likeness (QED) is 0.783. The van der Waals surface area contributed by atoms with Crippen LogP contribution in [0, 0.1) is 17.3 Å². The molecule has 23 heavy (non-hydrogen) atoms. The van der Waals surface area contributed by atoms with Gasteiger partial charge in [0, 0.05) is 5.92 Å². The van der Waals surface area contributed by atoms with Crippen molar-refractivity contribution in [1.82, 2.24) is 0 Å². The van der Waals surface area contributed by atoms with Crippen molar-refractivity contribution in [3.8, 4) is 5.75 Å². The molecule has 0 bridgehead atoms. The van der Waals surface area contributed by atoms with Gasteiger partial charge in [0.25, 0.3) is 0 Å². The van der Waals surface area contributed by atoms with Gasteiger partial charge in [0.2, 0.25) is 0 Å². The van der Waals surface area contributed by atoms with E-state index < -0.39 is 11.7 Å². The Balaban J connectivity index is 1.84. The standard InChI is InChI=1S/C20H26O3/c1-12-8-9-19(2)11-17(21)20(22)15-7-5-14(23-3)10-13(15)4-6-16(20)18(12)19/h5,7,10,16-18,21-22H,1,4,6,8-9,11H2,2-3H3/t16-,17-,18+,19+,20+/m1/s1. The molecular formula is C20H26O3. The summed E-state index contributed by atoms with van der Waals surface area (Å²) < 4.78 is 5.32. The molecule has 3 nitrogen and oxygen atoms in total. The van der Waals surface area contributed by atoms with Gasteiger partial charge >= 0.3 is 0 Å². The predicted molar refractivity (Wildman–Crippen MR) is 89.3 cm³/mol. The average Bonchev–Trinajstić information content (AvgIpc) is 2.82. The van der Waals surface area contributed by atoms with E-state index in [0.717, 1.165) is 42.6 Å². The molecule has 1 aromatic carbocycles. The number of hydrogen-bond donors (Lipinski definition) is 2. The highest BCUT2D eigenvalue weighted by molar-refractivity contribution is 5.44. The lowest BCUT2D eigenvalue weighted by atomic mass is 9.52. The maximum Gasteiger partial charge on any atom is 0.119 e. The number of hydrogen-bond acceptors (Lipinski definition) is 3. The van der Waals surface area contributed by atoms with Gasteiger partial charge in [0.15, 0.2) is 0 Å². The number of aliphatic hydroxyl groups is 2. The number of methoxy groups -OCH3 is 1. The van der Waals surface area contributed by atoms with Crippen molar-refractivity contribution in [1.29, 1.82) is 0 Å². The van der Waals surface area contributed by atoms with Gasteiger partial charge in [-0.2, -0.15) is 0 Å². The van der Waals surface area contributed by atoms with E-state index in [2.05, 4.69) is 13.5 Å². The molecule has 0 heterocycles. The van der Waals surface area contributed by atoms with E-state index in [-0.39, 0.29) is 11.3 Å². The van der Waals surface area contributed by atoms with Gasteiger partial charge < -0.3 is 14.9 Å². The molecule has 0 radical (unpaired) electrons. The second kappa shape index (κ2) is 4.84. The first kappa shape index (κ1) is 15.2. The van der Waals surface area contributed by atoms with E-state index in [1.807, 2.05) is 18.2 Å². The molecule has 3 aliphatic carbocycles. The van der Waals surface area contributed by atoms with Crippen molar-refractivity contribution < 1.29 is 14.9 Å². The Morgan fingerprint density at radius 1 is 1.30 bits per heavy atom. The molecule has 124 valence electrons. The van der Waals surface area contributed by atoms with Gasteiger partial charge in [-0.3, -0.25) is 0 Å². The van der Waals surface area contributed by atoms with E-state index in [9.17, 15) is 10.2 Å². The van der Waals surface area contributed by atoms with Crippen LogP contribution in [0.1, 0.15) is 43.7 Å². The molecule has 0 unspecified atom stereocenters. The summed E-state index contributed by atoms with van der Waals surface area (Å²) in [6.45, 7) is 6.57. The molecule has 0 saturated heterocycles. The lowest BCUT2D eigenvalue weighted by Crippen LogP contribution is -2.59. The molecule has 0 aliphatic heterocycles. The van der Waals surface area contributed by atoms with Gasteiger partial charge in [0.1, 0.15) is 11.4 Å². The van der Waals surface area contributed by atoms with Crippen LogP contribution in [0.25, 0.3) is 0 Å². The molecular weight excluding hydrogens is 288 g/mol. The van der Waals surface area contributed by atoms with Crippen molar-refractivity contribution in [3.63, 3.8) is 0 Å². The molecule has 2 N–H and O–H groups in total. The Morgan fingerprint density at radius 3 is 2.83 bits per heavy atom. The van der Waals surface area contributed by atoms with Gasteiger partial charge in [-0.1, -0.05) is 25.1 Å². The van der Waals surface area contributed by atoms with Gasteiger partial charge in [0.05, 0.1) is 13.2 Å². The largest absolute Gasteiger partial charge is 0.497 e. The summed E-state index contributed by atoms with van der Waals surface area (Å²) in [7, 11) is 1.66. The fraction of sp³-hybridized carbons (Fsp3) is 0.600. The van der Waals surface area contributed by atoms with Crippen LogP contribution in [0.4, 0.5) is 0 Å². The minimum atomic E-state index is -1.16. The monoisotopic (exact) mass is 314 g/mol. The molecule has 1 aromatic rings. The highest BCUT2D eigenvalue weighted by Gasteiger charge is 2.62. The molecule has 2 saturated carbocycles. The van der Waals surface area contributed by atoms with Crippen LogP contribution in [0.5, 0.6) is 5.75 Å². The highest BCUT2D eigenvalue weighted by Crippen LogP contribution is 2.63. The third-order valence-corrected chi connectivity index (χ3v) is 6.81. The number of aryl methyl sites for hydroxylation is 1. The Labute approximate surface area is 138 Å². The predicted octanol–water partition coefficient (Wildman–Crippen LogP) is 3.18. The molecule has 4 rings (SSSR count). The van der Waals surface area contributed by atoms with Gasteiger partial charge in [-0.15, -0.1) is 0 Å². The molecule has 0 spiro atoms. The summed E-state index contributed by atoms with van der Waals surface area (Å²) in [5, 5.41) is 22.5. The lowest BCUT2D eigenvalue weighted by Gasteiger charge is -2.56. The summed E-state index contributed by atoms with van der Waals surface area (Å²) in [6.07, 6.45) is 3.85. The minimum Gasteiger partial charge on any atom is -0.497 e. The summed E-state index contributed by atoms with van der Waals surface area (Å²) >= 11 is 0. The van der Waals surface area contributed by atoms with E-state index in [4.69, 9.17) is 4.74 Å². The van der Waals surface area contributed by atoms with E-state index >= 15 is 0 Å². The van der Waals surface area contributed by atoms with Crippen molar-refractivity contribution in [2.45, 2.75) is 50.7 Å². The lowest BCUT2D eigenvalue weighted by molar-refractivity contribution is -0.192. The maximum atomic E-state index is 11.6. The number of rotatable bonds is 1. The average molecular weight is 314 g/mol. The van der Waals surface area contributed by atoms with Gasteiger partial charge in [-0.05, 0) is 66.7 Å². The molecule has 5 atom stereocenters. The Kier molecular flexibility index (Phi) is 3.20.